The van der Waals surface area contributed by atoms with Gasteiger partial charge in [0.1, 0.15) is 11.5 Å². The predicted octanol–water partition coefficient (Wildman–Crippen LogP) is 5.49. The van der Waals surface area contributed by atoms with Crippen molar-refractivity contribution >= 4 is 11.6 Å². The minimum Gasteiger partial charge on any atom is -0.497 e. The van der Waals surface area contributed by atoms with Crippen LogP contribution < -0.4 is 14.8 Å². The smallest absolute Gasteiger partial charge is 0.262 e. The molecule has 2 aromatic carbocycles. The van der Waals surface area contributed by atoms with Gasteiger partial charge in [0.05, 0.1) is 7.11 Å². The van der Waals surface area contributed by atoms with Crippen molar-refractivity contribution in [2.45, 2.75) is 50.9 Å². The summed E-state index contributed by atoms with van der Waals surface area (Å²) in [6.07, 6.45) is 8.47. The molecule has 0 unspecified atom stereocenters. The van der Waals surface area contributed by atoms with Crippen LogP contribution in [0.2, 0.25) is 0 Å². The molecule has 4 fully saturated rings. The predicted molar refractivity (Wildman–Crippen MR) is 118 cm³/mol. The lowest BCUT2D eigenvalue weighted by molar-refractivity contribution is -0.118. The third-order valence-corrected chi connectivity index (χ3v) is 7.53. The molecule has 30 heavy (non-hydrogen) atoms. The fourth-order valence-corrected chi connectivity index (χ4v) is 6.81. The van der Waals surface area contributed by atoms with Gasteiger partial charge in [-0.25, -0.2) is 0 Å². The summed E-state index contributed by atoms with van der Waals surface area (Å²) in [5.41, 5.74) is 3.93. The first-order valence-corrected chi connectivity index (χ1v) is 11.2. The van der Waals surface area contributed by atoms with Crippen molar-refractivity contribution in [1.29, 1.82) is 0 Å². The third-order valence-electron chi connectivity index (χ3n) is 7.53. The first-order chi connectivity index (χ1) is 14.5. The second kappa shape index (κ2) is 7.64. The number of benzene rings is 2. The molecule has 0 heterocycles. The van der Waals surface area contributed by atoms with E-state index in [1.165, 1.54) is 49.7 Å². The molecule has 1 N–H and O–H groups in total. The van der Waals surface area contributed by atoms with E-state index >= 15 is 0 Å². The van der Waals surface area contributed by atoms with Gasteiger partial charge in [0.25, 0.3) is 5.91 Å². The molecule has 0 saturated heterocycles. The molecule has 4 saturated carbocycles. The van der Waals surface area contributed by atoms with Gasteiger partial charge in [-0.15, -0.1) is 0 Å². The number of methoxy groups -OCH3 is 1. The summed E-state index contributed by atoms with van der Waals surface area (Å²) in [6.45, 7) is 2.20. The lowest BCUT2D eigenvalue weighted by Crippen LogP contribution is -2.48. The van der Waals surface area contributed by atoms with Crippen molar-refractivity contribution in [2.75, 3.05) is 19.0 Å². The summed E-state index contributed by atoms with van der Waals surface area (Å²) in [6, 6.07) is 13.8. The van der Waals surface area contributed by atoms with E-state index in [4.69, 9.17) is 9.47 Å². The number of amides is 1. The van der Waals surface area contributed by atoms with Crippen molar-refractivity contribution < 1.29 is 14.3 Å². The number of hydrogen-bond donors (Lipinski definition) is 1. The van der Waals surface area contributed by atoms with Gasteiger partial charge in [0.2, 0.25) is 0 Å². The fourth-order valence-electron chi connectivity index (χ4n) is 6.81. The second-order valence-corrected chi connectivity index (χ2v) is 9.74. The van der Waals surface area contributed by atoms with Gasteiger partial charge >= 0.3 is 0 Å². The first kappa shape index (κ1) is 19.5. The van der Waals surface area contributed by atoms with Crippen molar-refractivity contribution in [2.24, 2.45) is 17.8 Å². The number of ether oxygens (including phenoxy) is 2. The van der Waals surface area contributed by atoms with Crippen molar-refractivity contribution in [3.05, 3.63) is 53.6 Å². The zero-order chi connectivity index (χ0) is 20.7. The number of carbonyl (C=O) groups is 1. The monoisotopic (exact) mass is 405 g/mol. The van der Waals surface area contributed by atoms with E-state index in [-0.39, 0.29) is 12.5 Å². The molecular weight excluding hydrogens is 374 g/mol. The molecule has 6 rings (SSSR count). The van der Waals surface area contributed by atoms with E-state index in [9.17, 15) is 4.79 Å². The Bertz CT molecular complexity index is 916. The fraction of sp³-hybridized carbons (Fsp3) is 0.500. The van der Waals surface area contributed by atoms with Crippen LogP contribution in [0.1, 0.15) is 49.7 Å². The first-order valence-electron chi connectivity index (χ1n) is 11.2. The highest BCUT2D eigenvalue weighted by molar-refractivity contribution is 5.92. The summed E-state index contributed by atoms with van der Waals surface area (Å²) in [5, 5.41) is 2.86. The maximum Gasteiger partial charge on any atom is 0.262 e. The molecule has 0 spiro atoms. The Balaban J connectivity index is 1.24. The molecule has 4 heteroatoms. The molecule has 2 aromatic rings. The van der Waals surface area contributed by atoms with E-state index in [0.29, 0.717) is 16.9 Å². The van der Waals surface area contributed by atoms with Crippen molar-refractivity contribution in [3.63, 3.8) is 0 Å². The van der Waals surface area contributed by atoms with E-state index in [1.807, 2.05) is 18.2 Å². The van der Waals surface area contributed by atoms with E-state index < -0.39 is 0 Å². The average Bonchev–Trinajstić information content (AvgIpc) is 2.71. The van der Waals surface area contributed by atoms with Gasteiger partial charge in [-0.3, -0.25) is 4.79 Å². The zero-order valence-electron chi connectivity index (χ0n) is 17.9. The van der Waals surface area contributed by atoms with Gasteiger partial charge in [0.15, 0.2) is 6.61 Å². The number of rotatable bonds is 6. The summed E-state index contributed by atoms with van der Waals surface area (Å²) < 4.78 is 11.0. The van der Waals surface area contributed by atoms with Crippen LogP contribution >= 0.6 is 0 Å². The largest absolute Gasteiger partial charge is 0.497 e. The Kier molecular flexibility index (Phi) is 4.96. The molecule has 0 atom stereocenters. The quantitative estimate of drug-likeness (QED) is 0.691. The number of nitrogens with one attached hydrogen (secondary N) is 1. The number of hydrogen-bond acceptors (Lipinski definition) is 3. The van der Waals surface area contributed by atoms with Crippen LogP contribution in [0.25, 0.3) is 0 Å². The van der Waals surface area contributed by atoms with Crippen LogP contribution in [-0.2, 0) is 10.2 Å². The van der Waals surface area contributed by atoms with E-state index in [1.54, 1.807) is 13.2 Å². The lowest BCUT2D eigenvalue weighted by atomic mass is 9.47. The Morgan fingerprint density at radius 2 is 1.70 bits per heavy atom. The van der Waals surface area contributed by atoms with Crippen molar-refractivity contribution in [3.8, 4) is 11.5 Å². The SMILES string of the molecule is COc1cccc(NC(=O)COc2ccc(C34CC5CC(CC(C5)C3)C4)c(C)c2)c1. The Morgan fingerprint density at radius 3 is 2.33 bits per heavy atom. The molecule has 4 aliphatic rings. The standard InChI is InChI=1S/C26H31NO3/c1-17-8-23(30-16-25(28)27-21-4-3-5-22(12-21)29-2)6-7-24(17)26-13-18-9-19(14-26)11-20(10-18)15-26/h3-8,12,18-20H,9-11,13-16H2,1-2H3,(H,27,28). The average molecular weight is 406 g/mol. The maximum absolute atomic E-state index is 12.3. The zero-order valence-corrected chi connectivity index (χ0v) is 17.9. The normalized spacial score (nSPS) is 28.9. The molecule has 1 amide bonds. The molecule has 0 aliphatic heterocycles. The minimum absolute atomic E-state index is 0.00659. The Morgan fingerprint density at radius 1 is 1.00 bits per heavy atom. The van der Waals surface area contributed by atoms with Crippen LogP contribution in [0.3, 0.4) is 0 Å². The molecule has 4 aliphatic carbocycles. The Hall–Kier alpha value is -2.49. The maximum atomic E-state index is 12.3. The van der Waals surface area contributed by atoms with Crippen molar-refractivity contribution in [1.82, 2.24) is 0 Å². The van der Waals surface area contributed by atoms with E-state index in [0.717, 1.165) is 23.5 Å². The number of aryl methyl sites for hydroxylation is 1. The van der Waals surface area contributed by atoms with Gasteiger partial charge in [-0.05, 0) is 104 Å². The number of anilines is 1. The summed E-state index contributed by atoms with van der Waals surface area (Å²) in [4.78, 5) is 12.3. The second-order valence-electron chi connectivity index (χ2n) is 9.74. The molecular formula is C26H31NO3. The topological polar surface area (TPSA) is 47.6 Å². The highest BCUT2D eigenvalue weighted by Gasteiger charge is 2.51. The van der Waals surface area contributed by atoms with Crippen LogP contribution in [0.4, 0.5) is 5.69 Å². The van der Waals surface area contributed by atoms with Crippen LogP contribution in [0.15, 0.2) is 42.5 Å². The third kappa shape index (κ3) is 3.68. The highest BCUT2D eigenvalue weighted by atomic mass is 16.5. The van der Waals surface area contributed by atoms with Crippen LogP contribution in [0.5, 0.6) is 11.5 Å². The molecule has 4 bridgehead atoms. The summed E-state index contributed by atoms with van der Waals surface area (Å²) in [5.74, 6) is 4.11. The molecule has 0 radical (unpaired) electrons. The highest BCUT2D eigenvalue weighted by Crippen LogP contribution is 2.61. The number of carbonyl (C=O) groups excluding carboxylic acids is 1. The Labute approximate surface area is 179 Å². The van der Waals surface area contributed by atoms with Gasteiger partial charge in [-0.1, -0.05) is 12.1 Å². The molecule has 158 valence electrons. The van der Waals surface area contributed by atoms with Crippen LogP contribution in [-0.4, -0.2) is 19.6 Å². The van der Waals surface area contributed by atoms with Gasteiger partial charge in [0, 0.05) is 11.8 Å². The summed E-state index contributed by atoms with van der Waals surface area (Å²) >= 11 is 0. The lowest BCUT2D eigenvalue weighted by Gasteiger charge is -2.57. The van der Waals surface area contributed by atoms with Gasteiger partial charge in [-0.2, -0.15) is 0 Å². The van der Waals surface area contributed by atoms with Gasteiger partial charge < -0.3 is 14.8 Å². The minimum atomic E-state index is -0.175. The molecule has 4 nitrogen and oxygen atoms in total. The molecule has 0 aromatic heterocycles. The van der Waals surface area contributed by atoms with Crippen LogP contribution in [0, 0.1) is 24.7 Å². The van der Waals surface area contributed by atoms with E-state index in [2.05, 4.69) is 30.4 Å². The summed E-state index contributed by atoms with van der Waals surface area (Å²) in [7, 11) is 1.61.